The van der Waals surface area contributed by atoms with E-state index in [1.165, 1.54) is 12.1 Å². The molecule has 0 radical (unpaired) electrons. The molecule has 10 nitrogen and oxygen atoms in total. The number of hydrogen-bond donors (Lipinski definition) is 6. The van der Waals surface area contributed by atoms with Gasteiger partial charge in [0.15, 0.2) is 0 Å². The smallest absolute Gasteiger partial charge is 0.326 e. The highest BCUT2D eigenvalue weighted by Crippen LogP contribution is 2.13. The van der Waals surface area contributed by atoms with E-state index in [1.54, 1.807) is 36.4 Å². The van der Waals surface area contributed by atoms with Crippen molar-refractivity contribution in [3.05, 3.63) is 102 Å². The molecule has 0 saturated heterocycles. The number of phenols is 1. The van der Waals surface area contributed by atoms with Crippen LogP contribution in [0.25, 0.3) is 0 Å². The Kier molecular flexibility index (Phi) is 12.3. The third kappa shape index (κ3) is 10.9. The van der Waals surface area contributed by atoms with Crippen molar-refractivity contribution < 1.29 is 29.4 Å². The van der Waals surface area contributed by atoms with Gasteiger partial charge in [-0.05, 0) is 47.6 Å². The predicted molar refractivity (Wildman–Crippen MR) is 163 cm³/mol. The number of aliphatic carboxylic acids is 1. The van der Waals surface area contributed by atoms with Crippen LogP contribution in [-0.4, -0.2) is 58.1 Å². The van der Waals surface area contributed by atoms with Crippen LogP contribution < -0.4 is 21.7 Å². The minimum Gasteiger partial charge on any atom is -0.508 e. The first-order valence-electron chi connectivity index (χ1n) is 14.3. The molecular formula is C33H40N4O6. The van der Waals surface area contributed by atoms with Crippen molar-refractivity contribution in [1.82, 2.24) is 16.0 Å². The fraction of sp³-hybridized carbons (Fsp3) is 0.333. The van der Waals surface area contributed by atoms with Crippen molar-refractivity contribution in [2.45, 2.75) is 63.7 Å². The van der Waals surface area contributed by atoms with Crippen LogP contribution >= 0.6 is 0 Å². The summed E-state index contributed by atoms with van der Waals surface area (Å²) in [6.45, 7) is 3.70. The lowest BCUT2D eigenvalue weighted by Crippen LogP contribution is -2.58. The Morgan fingerprint density at radius 1 is 0.628 bits per heavy atom. The molecular weight excluding hydrogens is 548 g/mol. The summed E-state index contributed by atoms with van der Waals surface area (Å²) in [6.07, 6.45) is 0.623. The zero-order valence-electron chi connectivity index (χ0n) is 24.4. The van der Waals surface area contributed by atoms with E-state index < -0.39 is 47.9 Å². The van der Waals surface area contributed by atoms with Gasteiger partial charge in [0.2, 0.25) is 17.7 Å². The fourth-order valence-corrected chi connectivity index (χ4v) is 4.61. The molecule has 3 aromatic rings. The Bertz CT molecular complexity index is 1350. The summed E-state index contributed by atoms with van der Waals surface area (Å²) >= 11 is 0. The molecule has 3 aromatic carbocycles. The van der Waals surface area contributed by atoms with Crippen molar-refractivity contribution in [3.63, 3.8) is 0 Å². The number of hydrogen-bond acceptors (Lipinski definition) is 6. The van der Waals surface area contributed by atoms with Crippen LogP contribution in [0.2, 0.25) is 0 Å². The lowest BCUT2D eigenvalue weighted by molar-refractivity contribution is -0.142. The van der Waals surface area contributed by atoms with Crippen LogP contribution in [0.5, 0.6) is 5.75 Å². The van der Waals surface area contributed by atoms with Gasteiger partial charge in [0.1, 0.15) is 23.9 Å². The number of aromatic hydroxyl groups is 1. The molecule has 0 aliphatic heterocycles. The van der Waals surface area contributed by atoms with E-state index in [2.05, 4.69) is 16.0 Å². The van der Waals surface area contributed by atoms with Crippen LogP contribution in [0.3, 0.4) is 0 Å². The molecule has 7 N–H and O–H groups in total. The maximum atomic E-state index is 13.7. The maximum absolute atomic E-state index is 13.7. The highest BCUT2D eigenvalue weighted by molar-refractivity contribution is 5.94. The van der Waals surface area contributed by atoms with Gasteiger partial charge in [-0.2, -0.15) is 0 Å². The quantitative estimate of drug-likeness (QED) is 0.158. The van der Waals surface area contributed by atoms with Crippen LogP contribution in [-0.2, 0) is 38.4 Å². The third-order valence-electron chi connectivity index (χ3n) is 6.88. The second-order valence-corrected chi connectivity index (χ2v) is 11.0. The molecule has 0 saturated carbocycles. The topological polar surface area (TPSA) is 171 Å². The summed E-state index contributed by atoms with van der Waals surface area (Å²) < 4.78 is 0. The van der Waals surface area contributed by atoms with Crippen molar-refractivity contribution in [1.29, 1.82) is 0 Å². The number of nitrogens with two attached hydrogens (primary N) is 1. The molecule has 4 atom stereocenters. The molecule has 0 heterocycles. The van der Waals surface area contributed by atoms with Crippen LogP contribution in [0.1, 0.15) is 37.0 Å². The summed E-state index contributed by atoms with van der Waals surface area (Å²) in [5.74, 6) is -2.95. The number of phenolic OH excluding ortho intramolecular Hbond substituents is 1. The van der Waals surface area contributed by atoms with Crippen molar-refractivity contribution in [3.8, 4) is 5.75 Å². The van der Waals surface area contributed by atoms with Crippen molar-refractivity contribution >= 4 is 23.7 Å². The average Bonchev–Trinajstić information content (AvgIpc) is 2.97. The first kappa shape index (κ1) is 32.8. The molecule has 0 aliphatic carbocycles. The maximum Gasteiger partial charge on any atom is 0.326 e. The summed E-state index contributed by atoms with van der Waals surface area (Å²) in [5.41, 5.74) is 8.46. The number of benzene rings is 3. The predicted octanol–water partition coefficient (Wildman–Crippen LogP) is 2.33. The highest BCUT2D eigenvalue weighted by atomic mass is 16.4. The molecule has 0 aromatic heterocycles. The second-order valence-electron chi connectivity index (χ2n) is 11.0. The molecule has 4 unspecified atom stereocenters. The summed E-state index contributed by atoms with van der Waals surface area (Å²) in [4.78, 5) is 52.1. The SMILES string of the molecule is CC(C)CC(NC(=O)C(Cc1ccccc1)NC(=O)C(Cc1ccc(O)cc1)NC(=O)C(N)Cc1ccccc1)C(=O)O. The zero-order chi connectivity index (χ0) is 31.4. The molecule has 3 rings (SSSR count). The molecule has 0 bridgehead atoms. The van der Waals surface area contributed by atoms with Gasteiger partial charge >= 0.3 is 5.97 Å². The lowest BCUT2D eigenvalue weighted by atomic mass is 10.00. The van der Waals surface area contributed by atoms with Crippen LogP contribution in [0.4, 0.5) is 0 Å². The Labute approximate surface area is 251 Å². The van der Waals surface area contributed by atoms with Gasteiger partial charge in [-0.15, -0.1) is 0 Å². The van der Waals surface area contributed by atoms with E-state index in [4.69, 9.17) is 5.73 Å². The number of carbonyl (C=O) groups is 4. The van der Waals surface area contributed by atoms with Crippen LogP contribution in [0.15, 0.2) is 84.9 Å². The Morgan fingerprint density at radius 3 is 1.51 bits per heavy atom. The molecule has 43 heavy (non-hydrogen) atoms. The standard InChI is InChI=1S/C33H40N4O6/c1-21(2)17-29(33(42)43)37-32(41)28(19-23-11-7-4-8-12-23)36-31(40)27(20-24-13-15-25(38)16-14-24)35-30(39)26(34)18-22-9-5-3-6-10-22/h3-16,21,26-29,38H,17-20,34H2,1-2H3,(H,35,39)(H,36,40)(H,37,41)(H,42,43). The van der Waals surface area contributed by atoms with E-state index in [0.717, 1.165) is 11.1 Å². The van der Waals surface area contributed by atoms with Gasteiger partial charge in [0, 0.05) is 12.8 Å². The monoisotopic (exact) mass is 588 g/mol. The molecule has 0 spiro atoms. The van der Waals surface area contributed by atoms with Gasteiger partial charge in [0.25, 0.3) is 0 Å². The van der Waals surface area contributed by atoms with Gasteiger partial charge in [0.05, 0.1) is 6.04 Å². The first-order valence-corrected chi connectivity index (χ1v) is 14.3. The summed E-state index contributed by atoms with van der Waals surface area (Å²) in [6, 6.07) is 20.2. The largest absolute Gasteiger partial charge is 0.508 e. The van der Waals surface area contributed by atoms with E-state index in [0.29, 0.717) is 5.56 Å². The normalized spacial score (nSPS) is 13.8. The first-order chi connectivity index (χ1) is 20.5. The van der Waals surface area contributed by atoms with E-state index in [-0.39, 0.29) is 37.4 Å². The molecule has 0 fully saturated rings. The number of carboxylic acids is 1. The third-order valence-corrected chi connectivity index (χ3v) is 6.88. The summed E-state index contributed by atoms with van der Waals surface area (Å²) in [5, 5.41) is 27.4. The fourth-order valence-electron chi connectivity index (χ4n) is 4.61. The Morgan fingerprint density at radius 2 is 1.05 bits per heavy atom. The van der Waals surface area contributed by atoms with E-state index in [1.807, 2.05) is 50.2 Å². The van der Waals surface area contributed by atoms with Gasteiger partial charge in [-0.1, -0.05) is 86.6 Å². The number of amides is 3. The lowest BCUT2D eigenvalue weighted by Gasteiger charge is -2.26. The van der Waals surface area contributed by atoms with Gasteiger partial charge < -0.3 is 31.9 Å². The number of nitrogens with one attached hydrogen (secondary N) is 3. The number of carbonyl (C=O) groups excluding carboxylic acids is 3. The molecule has 228 valence electrons. The minimum atomic E-state index is -1.17. The second kappa shape index (κ2) is 16.1. The molecule has 0 aliphatic rings. The number of carboxylic acid groups (broad SMARTS) is 1. The highest BCUT2D eigenvalue weighted by Gasteiger charge is 2.31. The van der Waals surface area contributed by atoms with Crippen LogP contribution in [0, 0.1) is 5.92 Å². The van der Waals surface area contributed by atoms with Crippen molar-refractivity contribution in [2.24, 2.45) is 11.7 Å². The van der Waals surface area contributed by atoms with E-state index in [9.17, 15) is 29.4 Å². The summed E-state index contributed by atoms with van der Waals surface area (Å²) in [7, 11) is 0. The average molecular weight is 589 g/mol. The minimum absolute atomic E-state index is 0.00793. The Hall–Kier alpha value is -4.70. The van der Waals surface area contributed by atoms with Gasteiger partial charge in [-0.3, -0.25) is 14.4 Å². The van der Waals surface area contributed by atoms with Gasteiger partial charge in [-0.25, -0.2) is 4.79 Å². The zero-order valence-corrected chi connectivity index (χ0v) is 24.4. The molecule has 10 heteroatoms. The van der Waals surface area contributed by atoms with Crippen molar-refractivity contribution in [2.75, 3.05) is 0 Å². The Balaban J connectivity index is 1.83. The van der Waals surface area contributed by atoms with E-state index >= 15 is 0 Å². The molecule has 3 amide bonds. The number of rotatable bonds is 15.